The molecule has 0 bridgehead atoms. The summed E-state index contributed by atoms with van der Waals surface area (Å²) in [5, 5.41) is 14.6. The molecule has 1 atom stereocenters. The highest BCUT2D eigenvalue weighted by Crippen LogP contribution is 2.40. The number of aliphatic imine (C=N–C) groups is 1. The summed E-state index contributed by atoms with van der Waals surface area (Å²) in [5.74, 6) is 0.720. The molecule has 154 valence electrons. The van der Waals surface area contributed by atoms with Gasteiger partial charge >= 0.3 is 0 Å². The van der Waals surface area contributed by atoms with E-state index < -0.39 is 0 Å². The average molecular weight is 458 g/mol. The summed E-state index contributed by atoms with van der Waals surface area (Å²) >= 11 is 3.52. The van der Waals surface area contributed by atoms with Crippen molar-refractivity contribution in [2.45, 2.75) is 37.9 Å². The van der Waals surface area contributed by atoms with Gasteiger partial charge in [0.25, 0.3) is 0 Å². The van der Waals surface area contributed by atoms with Gasteiger partial charge in [0.1, 0.15) is 5.66 Å². The fourth-order valence-electron chi connectivity index (χ4n) is 4.40. The third kappa shape index (κ3) is 4.20. The highest BCUT2D eigenvalue weighted by Gasteiger charge is 2.40. The number of nitrogens with zero attached hydrogens (tertiary/aromatic N) is 2. The van der Waals surface area contributed by atoms with Gasteiger partial charge in [-0.05, 0) is 43.1 Å². The van der Waals surface area contributed by atoms with Crippen molar-refractivity contribution < 1.29 is 9.84 Å². The van der Waals surface area contributed by atoms with Crippen molar-refractivity contribution in [1.82, 2.24) is 10.2 Å². The van der Waals surface area contributed by atoms with Crippen molar-refractivity contribution in [3.63, 3.8) is 0 Å². The van der Waals surface area contributed by atoms with Crippen molar-refractivity contribution in [1.29, 1.82) is 0 Å². The first-order valence-corrected chi connectivity index (χ1v) is 11.0. The number of rotatable bonds is 4. The third-order valence-corrected chi connectivity index (χ3v) is 6.65. The third-order valence-electron chi connectivity index (χ3n) is 6.12. The fraction of sp³-hybridized carbons (Fsp3) is 0.435. The van der Waals surface area contributed by atoms with E-state index in [9.17, 15) is 5.11 Å². The quantitative estimate of drug-likeness (QED) is 0.709. The van der Waals surface area contributed by atoms with Crippen LogP contribution in [0.1, 0.15) is 43.4 Å². The lowest BCUT2D eigenvalue weighted by Crippen LogP contribution is -2.56. The number of ether oxygens (including phenoxy) is 1. The number of nitrogens with one attached hydrogen (secondary N) is 1. The SMILES string of the molecule is CCN1CCC2(CC1)N=C(c1ccc(Br)cc1)C[C@H](c1cccc(OC)c1O)N2. The molecular formula is C23H28BrN3O2. The van der Waals surface area contributed by atoms with Gasteiger partial charge in [-0.1, -0.05) is 47.1 Å². The largest absolute Gasteiger partial charge is 0.504 e. The molecule has 2 aromatic carbocycles. The molecule has 1 spiro atoms. The maximum atomic E-state index is 10.8. The van der Waals surface area contributed by atoms with Crippen LogP contribution in [0.25, 0.3) is 0 Å². The van der Waals surface area contributed by atoms with Gasteiger partial charge in [0, 0.05) is 41.3 Å². The summed E-state index contributed by atoms with van der Waals surface area (Å²) in [4.78, 5) is 7.71. The number of para-hydroxylation sites is 1. The molecule has 2 heterocycles. The molecule has 2 N–H and O–H groups in total. The Labute approximate surface area is 180 Å². The van der Waals surface area contributed by atoms with E-state index >= 15 is 0 Å². The lowest BCUT2D eigenvalue weighted by atomic mass is 9.87. The molecular weight excluding hydrogens is 430 g/mol. The van der Waals surface area contributed by atoms with E-state index in [1.54, 1.807) is 13.2 Å². The molecule has 0 saturated carbocycles. The molecule has 4 rings (SSSR count). The van der Waals surface area contributed by atoms with Gasteiger partial charge in [-0.2, -0.15) is 0 Å². The van der Waals surface area contributed by atoms with Crippen LogP contribution in [-0.2, 0) is 0 Å². The van der Waals surface area contributed by atoms with Crippen molar-refractivity contribution in [2.75, 3.05) is 26.7 Å². The van der Waals surface area contributed by atoms with Crippen LogP contribution in [0, 0.1) is 0 Å². The monoisotopic (exact) mass is 457 g/mol. The second kappa shape index (κ2) is 8.46. The van der Waals surface area contributed by atoms with Crippen LogP contribution in [0.3, 0.4) is 0 Å². The molecule has 2 aromatic rings. The molecule has 29 heavy (non-hydrogen) atoms. The minimum absolute atomic E-state index is 0.0191. The summed E-state index contributed by atoms with van der Waals surface area (Å²) in [5.41, 5.74) is 2.80. The molecule has 2 aliphatic heterocycles. The predicted octanol–water partition coefficient (Wildman–Crippen LogP) is 4.50. The number of phenolic OH excluding ortho intramolecular Hbond substituents is 1. The smallest absolute Gasteiger partial charge is 0.162 e. The lowest BCUT2D eigenvalue weighted by molar-refractivity contribution is 0.129. The summed E-state index contributed by atoms with van der Waals surface area (Å²) in [7, 11) is 1.59. The number of halogens is 1. The maximum Gasteiger partial charge on any atom is 0.162 e. The van der Waals surface area contributed by atoms with Crippen LogP contribution in [0.5, 0.6) is 11.5 Å². The number of hydrogen-bond acceptors (Lipinski definition) is 5. The number of hydrogen-bond donors (Lipinski definition) is 2. The molecule has 0 radical (unpaired) electrons. The standard InChI is InChI=1S/C23H28BrN3O2/c1-3-27-13-11-23(12-14-27)25-19(16-7-9-17(24)10-8-16)15-20(26-23)18-5-4-6-21(29-2)22(18)28/h4-10,20,26,28H,3,11-15H2,1-2H3/t20-/m1/s1. The number of methoxy groups -OCH3 is 1. The van der Waals surface area contributed by atoms with E-state index in [1.165, 1.54) is 0 Å². The van der Waals surface area contributed by atoms with Crippen molar-refractivity contribution in [2.24, 2.45) is 4.99 Å². The summed E-state index contributed by atoms with van der Waals surface area (Å²) < 4.78 is 6.41. The first kappa shape index (κ1) is 20.4. The van der Waals surface area contributed by atoms with Crippen molar-refractivity contribution in [3.8, 4) is 11.5 Å². The topological polar surface area (TPSA) is 57.1 Å². The van der Waals surface area contributed by atoms with E-state index in [2.05, 4.69) is 57.3 Å². The second-order valence-electron chi connectivity index (χ2n) is 7.83. The Kier molecular flexibility index (Phi) is 5.95. The van der Waals surface area contributed by atoms with Gasteiger partial charge in [-0.25, -0.2) is 0 Å². The molecule has 0 aliphatic carbocycles. The Hall–Kier alpha value is -1.89. The number of likely N-dealkylation sites (tertiary alicyclic amines) is 1. The fourth-order valence-corrected chi connectivity index (χ4v) is 4.66. The van der Waals surface area contributed by atoms with E-state index in [0.29, 0.717) is 5.75 Å². The Morgan fingerprint density at radius 2 is 1.93 bits per heavy atom. The summed E-state index contributed by atoms with van der Waals surface area (Å²) in [6.45, 7) is 5.33. The molecule has 1 fully saturated rings. The van der Waals surface area contributed by atoms with Crippen molar-refractivity contribution in [3.05, 3.63) is 58.1 Å². The van der Waals surface area contributed by atoms with E-state index in [0.717, 1.165) is 60.2 Å². The first-order valence-electron chi connectivity index (χ1n) is 10.2. The predicted molar refractivity (Wildman–Crippen MR) is 120 cm³/mol. The van der Waals surface area contributed by atoms with Crippen molar-refractivity contribution >= 4 is 21.6 Å². The summed E-state index contributed by atoms with van der Waals surface area (Å²) in [6.07, 6.45) is 2.64. The number of aromatic hydroxyl groups is 1. The Bertz CT molecular complexity index is 889. The molecule has 0 aromatic heterocycles. The van der Waals surface area contributed by atoms with Crippen LogP contribution in [0.15, 0.2) is 51.9 Å². The molecule has 0 unspecified atom stereocenters. The number of phenols is 1. The Morgan fingerprint density at radius 3 is 2.59 bits per heavy atom. The van der Waals surface area contributed by atoms with E-state index in [4.69, 9.17) is 9.73 Å². The number of piperidine rings is 1. The van der Waals surface area contributed by atoms with E-state index in [1.807, 2.05) is 12.1 Å². The van der Waals surface area contributed by atoms with Gasteiger partial charge in [0.2, 0.25) is 0 Å². The maximum absolute atomic E-state index is 10.8. The minimum Gasteiger partial charge on any atom is -0.504 e. The Balaban J connectivity index is 1.72. The highest BCUT2D eigenvalue weighted by atomic mass is 79.9. The zero-order valence-corrected chi connectivity index (χ0v) is 18.6. The van der Waals surface area contributed by atoms with Gasteiger partial charge in [0.05, 0.1) is 7.11 Å². The molecule has 2 aliphatic rings. The van der Waals surface area contributed by atoms with Gasteiger partial charge in [-0.15, -0.1) is 0 Å². The van der Waals surface area contributed by atoms with Crippen LogP contribution in [0.2, 0.25) is 0 Å². The molecule has 5 nitrogen and oxygen atoms in total. The van der Waals surface area contributed by atoms with Crippen LogP contribution in [0.4, 0.5) is 0 Å². The molecule has 6 heteroatoms. The van der Waals surface area contributed by atoms with Crippen LogP contribution >= 0.6 is 15.9 Å². The Morgan fingerprint density at radius 1 is 1.21 bits per heavy atom. The van der Waals surface area contributed by atoms with Gasteiger partial charge in [0.15, 0.2) is 11.5 Å². The average Bonchev–Trinajstić information content (AvgIpc) is 2.74. The molecule has 0 amide bonds. The number of benzene rings is 2. The minimum atomic E-state index is -0.299. The van der Waals surface area contributed by atoms with Gasteiger partial charge in [-0.3, -0.25) is 10.3 Å². The second-order valence-corrected chi connectivity index (χ2v) is 8.75. The lowest BCUT2D eigenvalue weighted by Gasteiger charge is -2.45. The van der Waals surface area contributed by atoms with Crippen LogP contribution < -0.4 is 10.1 Å². The summed E-state index contributed by atoms with van der Waals surface area (Å²) in [6, 6.07) is 14.0. The van der Waals surface area contributed by atoms with E-state index in [-0.39, 0.29) is 17.5 Å². The highest BCUT2D eigenvalue weighted by molar-refractivity contribution is 9.10. The molecule has 1 saturated heterocycles. The normalized spacial score (nSPS) is 21.8. The van der Waals surface area contributed by atoms with Gasteiger partial charge < -0.3 is 14.7 Å². The zero-order chi connectivity index (χ0) is 20.4. The zero-order valence-electron chi connectivity index (χ0n) is 17.0. The first-order chi connectivity index (χ1) is 14.0. The van der Waals surface area contributed by atoms with Crippen LogP contribution in [-0.4, -0.2) is 48.1 Å².